The highest BCUT2D eigenvalue weighted by Gasteiger charge is 2.66. The van der Waals surface area contributed by atoms with Crippen molar-refractivity contribution < 1.29 is 109 Å². The van der Waals surface area contributed by atoms with Crippen LogP contribution in [0, 0.1) is 58.2 Å². The number of nitrogens with zero attached hydrogens (tertiary/aromatic N) is 8. The topological polar surface area (TPSA) is 333 Å². The molecule has 38 heteroatoms. The van der Waals surface area contributed by atoms with E-state index in [0.717, 1.165) is 27.7 Å². The van der Waals surface area contributed by atoms with E-state index in [-0.39, 0.29) is 88.1 Å². The summed E-state index contributed by atoms with van der Waals surface area (Å²) in [7, 11) is -8.86. The largest absolute Gasteiger partial charge is 0.472 e. The van der Waals surface area contributed by atoms with E-state index < -0.39 is 210 Å². The Morgan fingerprint density at radius 2 is 0.925 bits per heavy atom. The Kier molecular flexibility index (Phi) is 24.7. The lowest BCUT2D eigenvalue weighted by molar-refractivity contribution is -0.257. The quantitative estimate of drug-likeness (QED) is 0.0458. The average Bonchev–Trinajstić information content (AvgIpc) is 1.56. The molecule has 4 aliphatic heterocycles. The molecule has 120 heavy (non-hydrogen) atoms. The van der Waals surface area contributed by atoms with Crippen LogP contribution in [0.3, 0.4) is 0 Å². The molecule has 4 saturated carbocycles. The summed E-state index contributed by atoms with van der Waals surface area (Å²) in [4.78, 5) is 134. The number of hydrogen-bond donors (Lipinski definition) is 2. The Morgan fingerprint density at radius 1 is 0.558 bits per heavy atom. The molecule has 8 heterocycles. The Balaban J connectivity index is 0.000000207. The van der Waals surface area contributed by atoms with E-state index in [0.29, 0.717) is 81.9 Å². The monoisotopic (exact) mass is 1760 g/mol. The zero-order valence-corrected chi connectivity index (χ0v) is 70.4. The van der Waals surface area contributed by atoms with Crippen molar-refractivity contribution in [1.82, 2.24) is 48.0 Å². The van der Waals surface area contributed by atoms with Crippen molar-refractivity contribution in [3.05, 3.63) is 95.5 Å². The number of rotatable bonds is 18. The maximum absolute atomic E-state index is 14.9. The van der Waals surface area contributed by atoms with Crippen molar-refractivity contribution in [3.63, 3.8) is 0 Å². The normalized spacial score (nSPS) is 29.2. The van der Waals surface area contributed by atoms with Crippen LogP contribution in [0.5, 0.6) is 11.8 Å². The van der Waals surface area contributed by atoms with E-state index in [2.05, 4.69) is 29.4 Å². The summed E-state index contributed by atoms with van der Waals surface area (Å²) >= 11 is 12.8. The van der Waals surface area contributed by atoms with Gasteiger partial charge in [-0.2, -0.15) is 36.3 Å². The van der Waals surface area contributed by atoms with Gasteiger partial charge in [0.1, 0.15) is 35.1 Å². The number of esters is 2. The van der Waals surface area contributed by atoms with Gasteiger partial charge in [-0.05, 0) is 177 Å². The van der Waals surface area contributed by atoms with Gasteiger partial charge < -0.3 is 28.7 Å². The van der Waals surface area contributed by atoms with Crippen molar-refractivity contribution in [3.8, 4) is 11.8 Å². The van der Waals surface area contributed by atoms with Gasteiger partial charge in [-0.3, -0.25) is 56.6 Å². The molecule has 6 aromatic rings. The number of nitrogens with one attached hydrogen (secondary N) is 2. The van der Waals surface area contributed by atoms with Crippen LogP contribution < -0.4 is 18.9 Å². The molecule has 2 saturated heterocycles. The summed E-state index contributed by atoms with van der Waals surface area (Å²) in [5, 5.41) is 1.75. The van der Waals surface area contributed by atoms with Gasteiger partial charge in [0.05, 0.1) is 82.5 Å². The molecule has 26 nitrogen and oxygen atoms in total. The minimum absolute atomic E-state index is 0.0311. The van der Waals surface area contributed by atoms with Crippen LogP contribution >= 0.6 is 23.2 Å². The fraction of sp³-hybridized carbons (Fsp3) is 0.610. The van der Waals surface area contributed by atoms with Crippen molar-refractivity contribution in [1.29, 1.82) is 0 Å². The van der Waals surface area contributed by atoms with Gasteiger partial charge in [-0.15, -0.1) is 0 Å². The predicted octanol–water partition coefficient (Wildman–Crippen LogP) is 13.4. The van der Waals surface area contributed by atoms with Crippen LogP contribution in [-0.2, 0) is 67.9 Å². The molecule has 0 radical (unpaired) electrons. The number of amides is 4. The lowest BCUT2D eigenvalue weighted by Crippen LogP contribution is -2.49. The summed E-state index contributed by atoms with van der Waals surface area (Å²) in [5.41, 5.74) is -7.43. The minimum atomic E-state index is -4.89. The molecule has 0 unspecified atom stereocenters. The van der Waals surface area contributed by atoms with Gasteiger partial charge in [0.15, 0.2) is 11.6 Å². The van der Waals surface area contributed by atoms with Gasteiger partial charge >= 0.3 is 24.3 Å². The number of carbonyl (C=O) groups is 8. The zero-order chi connectivity index (χ0) is 87.2. The summed E-state index contributed by atoms with van der Waals surface area (Å²) < 4.78 is 190. The van der Waals surface area contributed by atoms with Crippen LogP contribution in [0.1, 0.15) is 171 Å². The molecule has 6 fully saturated rings. The smallest absolute Gasteiger partial charge is 0.427 e. The number of fused-ring (bicyclic) bond motifs is 10. The molecular weight excluding hydrogens is 1670 g/mol. The molecule has 2 aromatic carbocycles. The first-order valence-electron chi connectivity index (χ1n) is 40.2. The molecule has 0 spiro atoms. The maximum atomic E-state index is 14.9. The van der Waals surface area contributed by atoms with Crippen LogP contribution in [0.15, 0.2) is 85.5 Å². The molecule has 8 aliphatic rings. The SMILES string of the molecule is C[C@@H]1CC/C=C\[C@@H]2C[C@@]2(C(=O)NS(=O)(=O)C2(CF)CC2)CC(=O)[C@@H]2C[C@@H](Oc3nc4nccn4c4ccc(Cl)cc34)CN2C(=O)[C@@H](CC(=O)OC(C)(C)C(F)(F)F)[C@H](C)C1.C[C@H]1CC/C=C\[C@@H]2C[C@@]2(C(=O)NS(=O)(=O)C2(CF)CC2)CC(=O)[C@@H]2C[C@@H](Oc3nc4nccn4c4ccc(Cl)cc34)CN2C(=O)[C@@H](CC(=O)OC(C)(C)C(F)(F)F)[C@H](C)C1. The van der Waals surface area contributed by atoms with Gasteiger partial charge in [-0.1, -0.05) is 75.2 Å². The lowest BCUT2D eigenvalue weighted by atomic mass is 9.82. The van der Waals surface area contributed by atoms with Crippen LogP contribution in [0.25, 0.3) is 33.4 Å². The van der Waals surface area contributed by atoms with E-state index in [4.69, 9.17) is 42.1 Å². The van der Waals surface area contributed by atoms with Crippen LogP contribution in [0.2, 0.25) is 10.0 Å². The minimum Gasteiger partial charge on any atom is -0.472 e. The van der Waals surface area contributed by atoms with Crippen molar-refractivity contribution in [2.45, 2.75) is 228 Å². The summed E-state index contributed by atoms with van der Waals surface area (Å²) in [6.45, 7) is 7.45. The number of benzene rings is 2. The number of carbonyl (C=O) groups excluding carboxylic acids is 8. The zero-order valence-electron chi connectivity index (χ0n) is 67.3. The number of aromatic nitrogens is 6. The standard InChI is InChI=1S/2C41H48ClF4N5O8S/c2*1-23-7-5-6-8-25-19-40(25,36(55)49-60(56,57)39(22-43)11-12-39)20-32(52)31-17-27(58-34-29-16-26(42)9-10-30(29)50-14-13-47-37(50)48-34)21-51(31)35(54)28(24(2)15-23)18-33(53)59-38(3,4)41(44,45)46/h2*6,8-10,13-14,16,23-25,27-28,31H,5,7,11-12,15,17-22H2,1-4H3,(H,49,55)/b2*8-6-/t23-,24+,25+,27+,28-,31-,40+;23-,24-,25-,27-,28+,31+,40-/m01/s1. The molecule has 652 valence electrons. The highest BCUT2D eigenvalue weighted by atomic mass is 35.5. The molecule has 0 bridgehead atoms. The van der Waals surface area contributed by atoms with Crippen LogP contribution in [0.4, 0.5) is 35.1 Å². The van der Waals surface area contributed by atoms with E-state index in [1.54, 1.807) is 96.0 Å². The van der Waals surface area contributed by atoms with Crippen molar-refractivity contribution in [2.24, 2.45) is 58.2 Å². The molecule has 4 aliphatic carbocycles. The molecule has 14 rings (SSSR count). The van der Waals surface area contributed by atoms with E-state index >= 15 is 0 Å². The molecule has 14 atom stereocenters. The van der Waals surface area contributed by atoms with Gasteiger partial charge in [-0.25, -0.2) is 35.6 Å². The Labute approximate surface area is 697 Å². The van der Waals surface area contributed by atoms with Crippen molar-refractivity contribution in [2.75, 3.05) is 26.4 Å². The first-order chi connectivity index (χ1) is 56.2. The predicted molar refractivity (Wildman–Crippen MR) is 422 cm³/mol. The highest BCUT2D eigenvalue weighted by Crippen LogP contribution is 2.60. The molecular formula is C82H96Cl2F8N10O16S2. The third-order valence-electron chi connectivity index (χ3n) is 25.6. The first-order valence-corrected chi connectivity index (χ1v) is 43.9. The van der Waals surface area contributed by atoms with Gasteiger partial charge in [0.2, 0.25) is 78.2 Å². The number of ether oxygens (including phenoxy) is 4. The molecule has 2 N–H and O–H groups in total. The Morgan fingerprint density at radius 3 is 1.27 bits per heavy atom. The summed E-state index contributed by atoms with van der Waals surface area (Å²) in [6, 6.07) is 7.62. The second-order valence-corrected chi connectivity index (χ2v) is 40.3. The Hall–Kier alpha value is -8.64. The first kappa shape index (κ1) is 89.1. The summed E-state index contributed by atoms with van der Waals surface area (Å²) in [5.74, 6) is -10.8. The summed E-state index contributed by atoms with van der Waals surface area (Å²) in [6.07, 6.45) is 3.10. The third kappa shape index (κ3) is 18.0. The fourth-order valence-corrected chi connectivity index (χ4v) is 20.6. The number of halogens is 10. The Bertz CT molecular complexity index is 5030. The number of Topliss-reactive ketones (excluding diaryl/α,β-unsaturated/α-hetero) is 2. The van der Waals surface area contributed by atoms with E-state index in [1.165, 1.54) is 9.80 Å². The number of ketones is 2. The van der Waals surface area contributed by atoms with E-state index in [9.17, 15) is 90.3 Å². The van der Waals surface area contributed by atoms with E-state index in [1.807, 2.05) is 26.0 Å². The number of alkyl halides is 8. The average molecular weight is 1760 g/mol. The second-order valence-electron chi connectivity index (χ2n) is 35.3. The number of allylic oxidation sites excluding steroid dienone is 4. The number of imidazole rings is 2. The van der Waals surface area contributed by atoms with Crippen molar-refractivity contribution >= 4 is 124 Å². The van der Waals surface area contributed by atoms with Gasteiger partial charge in [0.25, 0.3) is 0 Å². The third-order valence-corrected chi connectivity index (χ3v) is 30.3. The maximum Gasteiger partial charge on any atom is 0.427 e. The highest BCUT2D eigenvalue weighted by molar-refractivity contribution is 7.92. The molecule has 4 amide bonds. The number of hydrogen-bond acceptors (Lipinski definition) is 20. The molecule has 4 aromatic heterocycles. The second kappa shape index (κ2) is 33.2. The lowest BCUT2D eigenvalue weighted by Gasteiger charge is -2.33. The number of sulfonamides is 2. The fourth-order valence-electron chi connectivity index (χ4n) is 17.3. The van der Waals surface area contributed by atoms with Gasteiger partial charge in [0, 0.05) is 60.5 Å². The van der Waals surface area contributed by atoms with Crippen LogP contribution in [-0.4, -0.2) is 186 Å².